The maximum atomic E-state index is 5.39. The predicted octanol–water partition coefficient (Wildman–Crippen LogP) is 4.64. The molecule has 1 aliphatic rings. The summed E-state index contributed by atoms with van der Waals surface area (Å²) in [4.78, 5) is 6.09. The molecule has 0 saturated carbocycles. The molecule has 3 nitrogen and oxygen atoms in total. The lowest BCUT2D eigenvalue weighted by Gasteiger charge is -2.15. The van der Waals surface area contributed by atoms with Gasteiger partial charge in [-0.15, -0.1) is 11.3 Å². The molecule has 0 spiro atoms. The third-order valence-corrected chi connectivity index (χ3v) is 5.27. The van der Waals surface area contributed by atoms with Gasteiger partial charge in [0.1, 0.15) is 0 Å². The molecule has 2 aromatic rings. The molecule has 3 rings (SSSR count). The molecule has 0 aliphatic heterocycles. The Hall–Kier alpha value is -1.46. The highest BCUT2D eigenvalue weighted by Crippen LogP contribution is 2.32. The Morgan fingerprint density at radius 1 is 1.32 bits per heavy atom. The van der Waals surface area contributed by atoms with Crippen molar-refractivity contribution >= 4 is 39.5 Å². The lowest BCUT2D eigenvalue weighted by atomic mass is 9.93. The van der Waals surface area contributed by atoms with E-state index in [1.165, 1.54) is 22.6 Å². The van der Waals surface area contributed by atoms with Crippen molar-refractivity contribution in [1.82, 2.24) is 4.98 Å². The number of hydrogen-bond donors (Lipinski definition) is 2. The van der Waals surface area contributed by atoms with Crippen molar-refractivity contribution in [3.8, 4) is 0 Å². The molecule has 2 N–H and O–H groups in total. The quantitative estimate of drug-likeness (QED) is 0.804. The van der Waals surface area contributed by atoms with E-state index in [-0.39, 0.29) is 0 Å². The van der Waals surface area contributed by atoms with Crippen molar-refractivity contribution in [3.05, 3.63) is 40.4 Å². The van der Waals surface area contributed by atoms with E-state index in [0.717, 1.165) is 36.0 Å². The fourth-order valence-electron chi connectivity index (χ4n) is 2.68. The van der Waals surface area contributed by atoms with Gasteiger partial charge in [-0.3, -0.25) is 0 Å². The molecule has 0 amide bonds. The van der Waals surface area contributed by atoms with Gasteiger partial charge in [-0.05, 0) is 61.5 Å². The molecule has 116 valence electrons. The topological polar surface area (TPSA) is 37.0 Å². The van der Waals surface area contributed by atoms with Crippen LogP contribution in [0.4, 0.5) is 10.8 Å². The van der Waals surface area contributed by atoms with Gasteiger partial charge < -0.3 is 10.6 Å². The fraction of sp³-hybridized carbons (Fsp3) is 0.412. The van der Waals surface area contributed by atoms with Crippen LogP contribution in [0.1, 0.15) is 36.4 Å². The largest absolute Gasteiger partial charge is 0.332 e. The monoisotopic (exact) mass is 331 g/mol. The number of aromatic nitrogens is 1. The normalized spacial score (nSPS) is 16.9. The Kier molecular flexibility index (Phi) is 4.74. The molecule has 5 heteroatoms. The van der Waals surface area contributed by atoms with Crippen LogP contribution < -0.4 is 10.6 Å². The van der Waals surface area contributed by atoms with Gasteiger partial charge in [0.05, 0.1) is 5.69 Å². The summed E-state index contributed by atoms with van der Waals surface area (Å²) in [6, 6.07) is 8.35. The zero-order chi connectivity index (χ0) is 15.5. The Balaban J connectivity index is 1.61. The number of thiocarbonyl (C=S) groups is 1. The molecular formula is C17H21N3S2. The van der Waals surface area contributed by atoms with Crippen LogP contribution in [-0.2, 0) is 19.3 Å². The summed E-state index contributed by atoms with van der Waals surface area (Å²) in [7, 11) is 0. The minimum atomic E-state index is 0.600. The Bertz CT molecular complexity index is 661. The lowest BCUT2D eigenvalue weighted by molar-refractivity contribution is 0.502. The molecule has 0 saturated heterocycles. The molecule has 0 fully saturated rings. The summed E-state index contributed by atoms with van der Waals surface area (Å²) in [6.45, 7) is 4.46. The van der Waals surface area contributed by atoms with Crippen molar-refractivity contribution < 1.29 is 0 Å². The van der Waals surface area contributed by atoms with Crippen molar-refractivity contribution in [1.29, 1.82) is 0 Å². The third-order valence-electron chi connectivity index (χ3n) is 4.03. The number of rotatable bonds is 3. The molecule has 1 aromatic carbocycles. The van der Waals surface area contributed by atoms with Gasteiger partial charge in [0.2, 0.25) is 0 Å². The number of aryl methyl sites for hydroxylation is 2. The van der Waals surface area contributed by atoms with Crippen LogP contribution in [0.3, 0.4) is 0 Å². The van der Waals surface area contributed by atoms with Crippen molar-refractivity contribution in [2.75, 3.05) is 10.6 Å². The zero-order valence-electron chi connectivity index (χ0n) is 13.0. The van der Waals surface area contributed by atoms with E-state index in [4.69, 9.17) is 12.2 Å². The summed E-state index contributed by atoms with van der Waals surface area (Å²) < 4.78 is 0. The molecule has 1 aromatic heterocycles. The maximum absolute atomic E-state index is 5.39. The van der Waals surface area contributed by atoms with Crippen LogP contribution in [0.15, 0.2) is 24.3 Å². The van der Waals surface area contributed by atoms with Gasteiger partial charge in [0.25, 0.3) is 0 Å². The second-order valence-corrected chi connectivity index (χ2v) is 7.36. The number of fused-ring (bicyclic) bond motifs is 1. The molecule has 22 heavy (non-hydrogen) atoms. The molecule has 1 unspecified atom stereocenters. The third kappa shape index (κ3) is 3.65. The maximum Gasteiger partial charge on any atom is 0.189 e. The van der Waals surface area contributed by atoms with Gasteiger partial charge in [0, 0.05) is 10.6 Å². The number of nitrogens with zero attached hydrogens (tertiary/aromatic N) is 1. The first kappa shape index (κ1) is 15.4. The van der Waals surface area contributed by atoms with Crippen LogP contribution in [0.25, 0.3) is 0 Å². The van der Waals surface area contributed by atoms with E-state index in [0.29, 0.717) is 5.11 Å². The van der Waals surface area contributed by atoms with E-state index >= 15 is 0 Å². The van der Waals surface area contributed by atoms with E-state index < -0.39 is 0 Å². The highest BCUT2D eigenvalue weighted by molar-refractivity contribution is 7.80. The van der Waals surface area contributed by atoms with Crippen molar-refractivity contribution in [2.24, 2.45) is 5.92 Å². The molecule has 0 bridgehead atoms. The van der Waals surface area contributed by atoms with Gasteiger partial charge >= 0.3 is 0 Å². The van der Waals surface area contributed by atoms with E-state index in [2.05, 4.69) is 53.7 Å². The van der Waals surface area contributed by atoms with Crippen LogP contribution >= 0.6 is 23.6 Å². The van der Waals surface area contributed by atoms with E-state index in [1.54, 1.807) is 11.3 Å². The minimum absolute atomic E-state index is 0.600. The van der Waals surface area contributed by atoms with Crippen molar-refractivity contribution in [3.63, 3.8) is 0 Å². The highest BCUT2D eigenvalue weighted by Gasteiger charge is 2.19. The van der Waals surface area contributed by atoms with Crippen LogP contribution in [0.5, 0.6) is 0 Å². The number of hydrogen-bond acceptors (Lipinski definition) is 3. The summed E-state index contributed by atoms with van der Waals surface area (Å²) in [5.74, 6) is 0.767. The number of anilines is 2. The molecular weight excluding hydrogens is 310 g/mol. The van der Waals surface area contributed by atoms with Crippen molar-refractivity contribution in [2.45, 2.75) is 39.5 Å². The molecule has 1 atom stereocenters. The Morgan fingerprint density at radius 3 is 2.82 bits per heavy atom. The zero-order valence-corrected chi connectivity index (χ0v) is 14.6. The first-order valence-corrected chi connectivity index (χ1v) is 9.02. The molecule has 0 radical (unpaired) electrons. The fourth-order valence-corrected chi connectivity index (χ4v) is 4.13. The minimum Gasteiger partial charge on any atom is -0.332 e. The van der Waals surface area contributed by atoms with Crippen LogP contribution in [-0.4, -0.2) is 10.1 Å². The second kappa shape index (κ2) is 6.75. The highest BCUT2D eigenvalue weighted by atomic mass is 32.1. The first-order chi connectivity index (χ1) is 10.6. The smallest absolute Gasteiger partial charge is 0.189 e. The Labute approximate surface area is 141 Å². The lowest BCUT2D eigenvalue weighted by Crippen LogP contribution is -2.18. The first-order valence-electron chi connectivity index (χ1n) is 7.79. The van der Waals surface area contributed by atoms with Crippen LogP contribution in [0.2, 0.25) is 0 Å². The van der Waals surface area contributed by atoms with Gasteiger partial charge in [-0.25, -0.2) is 4.98 Å². The summed E-state index contributed by atoms with van der Waals surface area (Å²) in [5, 5.41) is 7.94. The Morgan fingerprint density at radius 2 is 2.09 bits per heavy atom. The second-order valence-electron chi connectivity index (χ2n) is 5.87. The van der Waals surface area contributed by atoms with Gasteiger partial charge in [-0.2, -0.15) is 0 Å². The van der Waals surface area contributed by atoms with Gasteiger partial charge in [-0.1, -0.05) is 26.0 Å². The number of nitrogens with one attached hydrogen (secondary N) is 2. The average molecular weight is 332 g/mol. The number of thiazole rings is 1. The average Bonchev–Trinajstić information content (AvgIpc) is 2.89. The SMILES string of the molecule is CCc1ccc(NC(=S)Nc2nc3c(s2)CC(C)CC3)cc1. The van der Waals surface area contributed by atoms with E-state index in [1.807, 2.05) is 0 Å². The standard InChI is InChI=1S/C17H21N3S2/c1-3-12-5-7-13(8-6-12)18-16(21)20-17-19-14-9-4-11(2)10-15(14)22-17/h5-8,11H,3-4,9-10H2,1-2H3,(H2,18,19,20,21). The van der Waals surface area contributed by atoms with Crippen LogP contribution in [0, 0.1) is 5.92 Å². The molecule has 1 heterocycles. The molecule has 1 aliphatic carbocycles. The van der Waals surface area contributed by atoms with E-state index in [9.17, 15) is 0 Å². The summed E-state index contributed by atoms with van der Waals surface area (Å²) in [6.07, 6.45) is 4.52. The summed E-state index contributed by atoms with van der Waals surface area (Å²) in [5.41, 5.74) is 3.58. The predicted molar refractivity (Wildman–Crippen MR) is 99.0 cm³/mol. The van der Waals surface area contributed by atoms with Gasteiger partial charge in [0.15, 0.2) is 10.2 Å². The number of benzene rings is 1. The summed E-state index contributed by atoms with van der Waals surface area (Å²) >= 11 is 7.12.